The number of hydrogen-bond acceptors (Lipinski definition) is 4. The van der Waals surface area contributed by atoms with Crippen molar-refractivity contribution in [3.63, 3.8) is 0 Å². The maximum absolute atomic E-state index is 12.4. The summed E-state index contributed by atoms with van der Waals surface area (Å²) in [6, 6.07) is 16.7. The van der Waals surface area contributed by atoms with Crippen molar-refractivity contribution in [2.24, 2.45) is 0 Å². The lowest BCUT2D eigenvalue weighted by molar-refractivity contribution is 0.0951. The number of furan rings is 1. The second-order valence-electron chi connectivity index (χ2n) is 6.10. The molecule has 0 aliphatic rings. The lowest BCUT2D eigenvalue weighted by Crippen LogP contribution is -2.33. The SMILES string of the molecule is COc1cccc(NC(=S)NC(=O)c2ccc(-c3ccc(C)c(C)c3)o2)c1. The van der Waals surface area contributed by atoms with Gasteiger partial charge in [-0.25, -0.2) is 0 Å². The number of benzene rings is 2. The molecule has 0 saturated heterocycles. The molecule has 0 radical (unpaired) electrons. The van der Waals surface area contributed by atoms with Gasteiger partial charge in [0.05, 0.1) is 7.11 Å². The van der Waals surface area contributed by atoms with E-state index in [0.29, 0.717) is 11.5 Å². The monoisotopic (exact) mass is 380 g/mol. The first-order valence-corrected chi connectivity index (χ1v) is 8.81. The molecule has 0 spiro atoms. The molecule has 138 valence electrons. The first-order chi connectivity index (χ1) is 13.0. The molecule has 3 aromatic rings. The maximum atomic E-state index is 12.4. The number of ether oxygens (including phenoxy) is 1. The minimum Gasteiger partial charge on any atom is -0.497 e. The fourth-order valence-corrected chi connectivity index (χ4v) is 2.75. The zero-order valence-corrected chi connectivity index (χ0v) is 16.1. The topological polar surface area (TPSA) is 63.5 Å². The predicted octanol–water partition coefficient (Wildman–Crippen LogP) is 4.70. The molecular weight excluding hydrogens is 360 g/mol. The van der Waals surface area contributed by atoms with Crippen LogP contribution in [-0.2, 0) is 0 Å². The van der Waals surface area contributed by atoms with Crippen molar-refractivity contribution in [3.8, 4) is 17.1 Å². The van der Waals surface area contributed by atoms with Gasteiger partial charge in [0.2, 0.25) is 0 Å². The molecular formula is C21H20N2O3S. The molecule has 1 aromatic heterocycles. The van der Waals surface area contributed by atoms with E-state index in [1.165, 1.54) is 11.1 Å². The van der Waals surface area contributed by atoms with Crippen LogP contribution in [0.5, 0.6) is 5.75 Å². The van der Waals surface area contributed by atoms with Crippen LogP contribution in [0.3, 0.4) is 0 Å². The smallest absolute Gasteiger partial charge is 0.293 e. The first-order valence-electron chi connectivity index (χ1n) is 8.40. The third-order valence-electron chi connectivity index (χ3n) is 4.18. The van der Waals surface area contributed by atoms with Gasteiger partial charge < -0.3 is 14.5 Å². The van der Waals surface area contributed by atoms with Gasteiger partial charge in [0.25, 0.3) is 5.91 Å². The molecule has 0 aliphatic carbocycles. The normalized spacial score (nSPS) is 10.3. The lowest BCUT2D eigenvalue weighted by atomic mass is 10.1. The molecule has 2 N–H and O–H groups in total. The number of aryl methyl sites for hydroxylation is 2. The Kier molecular flexibility index (Phi) is 5.57. The largest absolute Gasteiger partial charge is 0.497 e. The third kappa shape index (κ3) is 4.54. The van der Waals surface area contributed by atoms with Crippen molar-refractivity contribution in [2.45, 2.75) is 13.8 Å². The Morgan fingerprint density at radius 3 is 2.59 bits per heavy atom. The summed E-state index contributed by atoms with van der Waals surface area (Å²) in [6.07, 6.45) is 0. The second-order valence-corrected chi connectivity index (χ2v) is 6.51. The Bertz CT molecular complexity index is 995. The molecule has 0 bridgehead atoms. The van der Waals surface area contributed by atoms with Crippen molar-refractivity contribution >= 4 is 28.9 Å². The molecule has 0 aliphatic heterocycles. The van der Waals surface area contributed by atoms with E-state index in [1.807, 2.05) is 43.3 Å². The number of carbonyl (C=O) groups excluding carboxylic acids is 1. The Morgan fingerprint density at radius 2 is 1.85 bits per heavy atom. The molecule has 0 unspecified atom stereocenters. The minimum absolute atomic E-state index is 0.178. The number of hydrogen-bond donors (Lipinski definition) is 2. The molecule has 27 heavy (non-hydrogen) atoms. The van der Waals surface area contributed by atoms with Crippen LogP contribution in [0, 0.1) is 13.8 Å². The highest BCUT2D eigenvalue weighted by atomic mass is 32.1. The van der Waals surface area contributed by atoms with Crippen LogP contribution < -0.4 is 15.4 Å². The highest BCUT2D eigenvalue weighted by Crippen LogP contribution is 2.24. The number of methoxy groups -OCH3 is 1. The lowest BCUT2D eigenvalue weighted by Gasteiger charge is -2.09. The summed E-state index contributed by atoms with van der Waals surface area (Å²) in [6.45, 7) is 4.09. The summed E-state index contributed by atoms with van der Waals surface area (Å²) in [5.41, 5.74) is 4.01. The van der Waals surface area contributed by atoms with E-state index in [4.69, 9.17) is 21.4 Å². The molecule has 3 rings (SSSR count). The highest BCUT2D eigenvalue weighted by molar-refractivity contribution is 7.80. The highest BCUT2D eigenvalue weighted by Gasteiger charge is 2.14. The van der Waals surface area contributed by atoms with Crippen LogP contribution >= 0.6 is 12.2 Å². The van der Waals surface area contributed by atoms with Crippen molar-refractivity contribution < 1.29 is 13.9 Å². The zero-order valence-electron chi connectivity index (χ0n) is 15.3. The summed E-state index contributed by atoms with van der Waals surface area (Å²) in [5.74, 6) is 1.11. The minimum atomic E-state index is -0.412. The molecule has 0 saturated carbocycles. The summed E-state index contributed by atoms with van der Waals surface area (Å²) in [7, 11) is 1.59. The van der Waals surface area contributed by atoms with Crippen molar-refractivity contribution in [1.82, 2.24) is 5.32 Å². The van der Waals surface area contributed by atoms with E-state index in [-0.39, 0.29) is 10.9 Å². The maximum Gasteiger partial charge on any atom is 0.293 e. The number of amides is 1. The molecule has 1 amide bonds. The van der Waals surface area contributed by atoms with E-state index in [2.05, 4.69) is 17.6 Å². The van der Waals surface area contributed by atoms with Gasteiger partial charge in [-0.2, -0.15) is 0 Å². The number of nitrogens with one attached hydrogen (secondary N) is 2. The van der Waals surface area contributed by atoms with Gasteiger partial charge in [-0.15, -0.1) is 0 Å². The Morgan fingerprint density at radius 1 is 1.04 bits per heavy atom. The van der Waals surface area contributed by atoms with Gasteiger partial charge in [0.15, 0.2) is 10.9 Å². The Labute approximate surface area is 163 Å². The zero-order chi connectivity index (χ0) is 19.4. The van der Waals surface area contributed by atoms with Gasteiger partial charge in [-0.05, 0) is 67.5 Å². The molecule has 1 heterocycles. The van der Waals surface area contributed by atoms with Gasteiger partial charge >= 0.3 is 0 Å². The van der Waals surface area contributed by atoms with Crippen molar-refractivity contribution in [1.29, 1.82) is 0 Å². The molecule has 6 heteroatoms. The average Bonchev–Trinajstić information content (AvgIpc) is 3.14. The van der Waals surface area contributed by atoms with Gasteiger partial charge in [0.1, 0.15) is 11.5 Å². The third-order valence-corrected chi connectivity index (χ3v) is 4.38. The predicted molar refractivity (Wildman–Crippen MR) is 110 cm³/mol. The van der Waals surface area contributed by atoms with Gasteiger partial charge in [0, 0.05) is 17.3 Å². The van der Waals surface area contributed by atoms with E-state index >= 15 is 0 Å². The van der Waals surface area contributed by atoms with Crippen LogP contribution in [0.15, 0.2) is 59.0 Å². The first kappa shape index (κ1) is 18.7. The number of carbonyl (C=O) groups is 1. The fourth-order valence-electron chi connectivity index (χ4n) is 2.54. The quantitative estimate of drug-likeness (QED) is 0.643. The van der Waals surface area contributed by atoms with Crippen LogP contribution in [0.4, 0.5) is 5.69 Å². The van der Waals surface area contributed by atoms with E-state index in [1.54, 1.807) is 25.3 Å². The van der Waals surface area contributed by atoms with E-state index in [0.717, 1.165) is 11.3 Å². The van der Waals surface area contributed by atoms with Gasteiger partial charge in [-0.1, -0.05) is 18.2 Å². The molecule has 2 aromatic carbocycles. The Hall–Kier alpha value is -3.12. The molecule has 0 fully saturated rings. The molecule has 0 atom stereocenters. The summed E-state index contributed by atoms with van der Waals surface area (Å²) >= 11 is 5.20. The number of anilines is 1. The van der Waals surface area contributed by atoms with Crippen molar-refractivity contribution in [2.75, 3.05) is 12.4 Å². The average molecular weight is 380 g/mol. The van der Waals surface area contributed by atoms with Crippen LogP contribution in [0.25, 0.3) is 11.3 Å². The number of rotatable bonds is 4. The van der Waals surface area contributed by atoms with Crippen LogP contribution in [-0.4, -0.2) is 18.1 Å². The van der Waals surface area contributed by atoms with E-state index in [9.17, 15) is 4.79 Å². The number of thiocarbonyl (C=S) groups is 1. The Balaban J connectivity index is 1.66. The molecule has 5 nitrogen and oxygen atoms in total. The summed E-state index contributed by atoms with van der Waals surface area (Å²) in [5, 5.41) is 5.74. The standard InChI is InChI=1S/C21H20N2O3S/c1-13-7-8-15(11-14(13)2)18-9-10-19(26-18)20(24)23-21(27)22-16-5-4-6-17(12-16)25-3/h4-12H,1-3H3,(H2,22,23,24,27). The van der Waals surface area contributed by atoms with Crippen molar-refractivity contribution in [3.05, 3.63) is 71.5 Å². The van der Waals surface area contributed by atoms with Crippen LogP contribution in [0.2, 0.25) is 0 Å². The summed E-state index contributed by atoms with van der Waals surface area (Å²) in [4.78, 5) is 12.4. The fraction of sp³-hybridized carbons (Fsp3) is 0.143. The summed E-state index contributed by atoms with van der Waals surface area (Å²) < 4.78 is 10.9. The van der Waals surface area contributed by atoms with Gasteiger partial charge in [-0.3, -0.25) is 10.1 Å². The van der Waals surface area contributed by atoms with Crippen LogP contribution in [0.1, 0.15) is 21.7 Å². The van der Waals surface area contributed by atoms with E-state index < -0.39 is 5.91 Å². The second kappa shape index (κ2) is 8.05.